The Labute approximate surface area is 115 Å². The molecule has 0 unspecified atom stereocenters. The number of hydrogen-bond donors (Lipinski definition) is 1. The van der Waals surface area contributed by atoms with Gasteiger partial charge in [0, 0.05) is 17.0 Å². The molecule has 0 aliphatic rings. The third-order valence-corrected chi connectivity index (χ3v) is 4.08. The third-order valence-electron chi connectivity index (χ3n) is 2.61. The zero-order chi connectivity index (χ0) is 13.1. The fourth-order valence-corrected chi connectivity index (χ4v) is 3.09. The molecule has 96 valence electrons. The van der Waals surface area contributed by atoms with Gasteiger partial charge in [-0.25, -0.2) is 9.37 Å². The van der Waals surface area contributed by atoms with Gasteiger partial charge in [0.15, 0.2) is 0 Å². The van der Waals surface area contributed by atoms with Gasteiger partial charge in [-0.15, -0.1) is 11.3 Å². The average Bonchev–Trinajstić information content (AvgIpc) is 2.72. The summed E-state index contributed by atoms with van der Waals surface area (Å²) < 4.78 is 13.0. The molecule has 0 amide bonds. The summed E-state index contributed by atoms with van der Waals surface area (Å²) in [4.78, 5) is 5.64. The van der Waals surface area contributed by atoms with E-state index in [2.05, 4.69) is 11.9 Å². The molecule has 0 saturated carbocycles. The van der Waals surface area contributed by atoms with E-state index in [9.17, 15) is 4.39 Å². The summed E-state index contributed by atoms with van der Waals surface area (Å²) in [6.45, 7) is 2.58. The largest absolute Gasteiger partial charge is 0.326 e. The molecule has 1 aromatic heterocycles. The molecule has 1 aromatic carbocycles. The van der Waals surface area contributed by atoms with Gasteiger partial charge in [-0.2, -0.15) is 0 Å². The lowest BCUT2D eigenvalue weighted by atomic mass is 10.2. The molecule has 0 aliphatic heterocycles. The van der Waals surface area contributed by atoms with Crippen LogP contribution in [0, 0.1) is 5.82 Å². The average molecular weight is 285 g/mol. The second-order valence-corrected chi connectivity index (χ2v) is 5.46. The van der Waals surface area contributed by atoms with Crippen molar-refractivity contribution in [3.8, 4) is 10.6 Å². The van der Waals surface area contributed by atoms with Gasteiger partial charge in [0.05, 0.1) is 10.7 Å². The summed E-state index contributed by atoms with van der Waals surface area (Å²) in [6, 6.07) is 4.36. The number of nitrogens with zero attached hydrogens (tertiary/aromatic N) is 1. The van der Waals surface area contributed by atoms with Gasteiger partial charge in [-0.3, -0.25) is 0 Å². The Hall–Kier alpha value is -0.970. The molecule has 2 nitrogen and oxygen atoms in total. The number of aryl methyl sites for hydroxylation is 1. The molecular weight excluding hydrogens is 271 g/mol. The lowest BCUT2D eigenvalue weighted by Crippen LogP contribution is -1.97. The van der Waals surface area contributed by atoms with Crippen LogP contribution < -0.4 is 5.73 Å². The maximum atomic E-state index is 13.0. The second-order valence-electron chi connectivity index (χ2n) is 3.97. The van der Waals surface area contributed by atoms with Crippen LogP contribution in [-0.4, -0.2) is 4.98 Å². The molecule has 2 aromatic rings. The minimum Gasteiger partial charge on any atom is -0.326 e. The highest BCUT2D eigenvalue weighted by molar-refractivity contribution is 7.15. The fourth-order valence-electron chi connectivity index (χ4n) is 1.75. The van der Waals surface area contributed by atoms with Crippen LogP contribution in [0.3, 0.4) is 0 Å². The summed E-state index contributed by atoms with van der Waals surface area (Å²) in [6.07, 6.45) is 1.93. The number of benzene rings is 1. The zero-order valence-electron chi connectivity index (χ0n) is 10.0. The van der Waals surface area contributed by atoms with Gasteiger partial charge in [-0.1, -0.05) is 24.9 Å². The highest BCUT2D eigenvalue weighted by Crippen LogP contribution is 2.33. The van der Waals surface area contributed by atoms with Crippen molar-refractivity contribution in [2.45, 2.75) is 26.3 Å². The first-order valence-electron chi connectivity index (χ1n) is 5.79. The number of hydrogen-bond acceptors (Lipinski definition) is 3. The lowest BCUT2D eigenvalue weighted by molar-refractivity contribution is 0.628. The second kappa shape index (κ2) is 5.78. The molecule has 18 heavy (non-hydrogen) atoms. The minimum atomic E-state index is -0.340. The first-order chi connectivity index (χ1) is 8.65. The van der Waals surface area contributed by atoms with E-state index in [0.717, 1.165) is 34.0 Å². The monoisotopic (exact) mass is 284 g/mol. The van der Waals surface area contributed by atoms with Crippen LogP contribution in [0.1, 0.15) is 23.9 Å². The Balaban J connectivity index is 2.44. The topological polar surface area (TPSA) is 38.9 Å². The van der Waals surface area contributed by atoms with Crippen molar-refractivity contribution in [3.63, 3.8) is 0 Å². The van der Waals surface area contributed by atoms with E-state index in [1.165, 1.54) is 23.5 Å². The Morgan fingerprint density at radius 1 is 1.44 bits per heavy atom. The van der Waals surface area contributed by atoms with E-state index in [-0.39, 0.29) is 5.82 Å². The molecule has 5 heteroatoms. The molecule has 0 radical (unpaired) electrons. The number of thiazole rings is 1. The van der Waals surface area contributed by atoms with Crippen LogP contribution in [0.2, 0.25) is 5.02 Å². The van der Waals surface area contributed by atoms with E-state index in [0.29, 0.717) is 11.6 Å². The summed E-state index contributed by atoms with van der Waals surface area (Å²) in [5.41, 5.74) is 7.50. The highest BCUT2D eigenvalue weighted by Gasteiger charge is 2.13. The Kier molecular flexibility index (Phi) is 4.32. The maximum absolute atomic E-state index is 13.0. The lowest BCUT2D eigenvalue weighted by Gasteiger charge is -1.99. The van der Waals surface area contributed by atoms with Crippen LogP contribution in [0.5, 0.6) is 0 Å². The number of rotatable bonds is 4. The molecular formula is C13H14ClFN2S. The van der Waals surface area contributed by atoms with E-state index in [1.54, 1.807) is 6.07 Å². The Morgan fingerprint density at radius 3 is 2.83 bits per heavy atom. The van der Waals surface area contributed by atoms with Gasteiger partial charge >= 0.3 is 0 Å². The van der Waals surface area contributed by atoms with Gasteiger partial charge in [0.25, 0.3) is 0 Å². The summed E-state index contributed by atoms with van der Waals surface area (Å²) in [5.74, 6) is -0.340. The van der Waals surface area contributed by atoms with Crippen molar-refractivity contribution >= 4 is 22.9 Å². The summed E-state index contributed by atoms with van der Waals surface area (Å²) in [7, 11) is 0. The molecule has 0 saturated heterocycles. The summed E-state index contributed by atoms with van der Waals surface area (Å²) in [5, 5.41) is 1.19. The number of aromatic nitrogens is 1. The van der Waals surface area contributed by atoms with E-state index in [4.69, 9.17) is 17.3 Å². The van der Waals surface area contributed by atoms with Crippen LogP contribution in [0.25, 0.3) is 10.6 Å². The van der Waals surface area contributed by atoms with Gasteiger partial charge in [0.1, 0.15) is 10.8 Å². The molecule has 0 bridgehead atoms. The summed E-state index contributed by atoms with van der Waals surface area (Å²) >= 11 is 7.57. The molecule has 0 aliphatic carbocycles. The molecule has 2 N–H and O–H groups in total. The minimum absolute atomic E-state index is 0.340. The Bertz CT molecular complexity index is 554. The Morgan fingerprint density at radius 2 is 2.22 bits per heavy atom. The van der Waals surface area contributed by atoms with Crippen molar-refractivity contribution in [2.24, 2.45) is 5.73 Å². The van der Waals surface area contributed by atoms with Crippen molar-refractivity contribution in [3.05, 3.63) is 39.6 Å². The molecule has 0 atom stereocenters. The molecule has 0 fully saturated rings. The van der Waals surface area contributed by atoms with Crippen LogP contribution >= 0.6 is 22.9 Å². The standard InChI is InChI=1S/C13H14ClFN2S/c1-2-3-11-12(7-16)18-13(17-11)9-5-4-8(15)6-10(9)14/h4-6H,2-3,7,16H2,1H3. The van der Waals surface area contributed by atoms with Gasteiger partial charge < -0.3 is 5.73 Å². The van der Waals surface area contributed by atoms with E-state index < -0.39 is 0 Å². The fraction of sp³-hybridized carbons (Fsp3) is 0.308. The van der Waals surface area contributed by atoms with Crippen LogP contribution in [-0.2, 0) is 13.0 Å². The maximum Gasteiger partial charge on any atom is 0.125 e. The van der Waals surface area contributed by atoms with Crippen molar-refractivity contribution in [1.82, 2.24) is 4.98 Å². The normalized spacial score (nSPS) is 10.9. The molecule has 1 heterocycles. The molecule has 2 rings (SSSR count). The first kappa shape index (κ1) is 13.5. The SMILES string of the molecule is CCCc1nc(-c2ccc(F)cc2Cl)sc1CN. The van der Waals surface area contributed by atoms with Crippen molar-refractivity contribution < 1.29 is 4.39 Å². The first-order valence-corrected chi connectivity index (χ1v) is 6.99. The van der Waals surface area contributed by atoms with Crippen molar-refractivity contribution in [1.29, 1.82) is 0 Å². The smallest absolute Gasteiger partial charge is 0.125 e. The van der Waals surface area contributed by atoms with Gasteiger partial charge in [0.2, 0.25) is 0 Å². The van der Waals surface area contributed by atoms with E-state index in [1.807, 2.05) is 0 Å². The number of nitrogens with two attached hydrogens (primary N) is 1. The quantitative estimate of drug-likeness (QED) is 0.921. The van der Waals surface area contributed by atoms with Crippen molar-refractivity contribution in [2.75, 3.05) is 0 Å². The predicted molar refractivity (Wildman–Crippen MR) is 74.4 cm³/mol. The van der Waals surface area contributed by atoms with Gasteiger partial charge in [-0.05, 0) is 24.6 Å². The zero-order valence-corrected chi connectivity index (χ0v) is 11.6. The third kappa shape index (κ3) is 2.71. The van der Waals surface area contributed by atoms with Crippen LogP contribution in [0.4, 0.5) is 4.39 Å². The molecule has 0 spiro atoms. The predicted octanol–water partition coefficient (Wildman–Crippen LogP) is 4.01. The van der Waals surface area contributed by atoms with E-state index >= 15 is 0 Å². The van der Waals surface area contributed by atoms with Crippen LogP contribution in [0.15, 0.2) is 18.2 Å². The highest BCUT2D eigenvalue weighted by atomic mass is 35.5. The number of halogens is 2.